The second-order valence-electron chi connectivity index (χ2n) is 2.90. The zero-order chi connectivity index (χ0) is 10.8. The van der Waals surface area contributed by atoms with E-state index in [1.54, 1.807) is 0 Å². The zero-order valence-corrected chi connectivity index (χ0v) is 10.8. The van der Waals surface area contributed by atoms with Gasteiger partial charge in [0.25, 0.3) is 0 Å². The van der Waals surface area contributed by atoms with Crippen molar-refractivity contribution in [1.82, 2.24) is 4.98 Å². The fraction of sp³-hybridized carbons (Fsp3) is 0.100. The van der Waals surface area contributed by atoms with E-state index in [9.17, 15) is 0 Å². The number of halogens is 2. The molecule has 5 heteroatoms. The van der Waals surface area contributed by atoms with Crippen LogP contribution in [0.2, 0.25) is 10.0 Å². The predicted molar refractivity (Wildman–Crippen MR) is 70.3 cm³/mol. The molecule has 0 bridgehead atoms. The fourth-order valence-electron chi connectivity index (χ4n) is 1.20. The topological polar surface area (TPSA) is 12.9 Å². The first-order chi connectivity index (χ1) is 7.22. The molecule has 78 valence electrons. The van der Waals surface area contributed by atoms with Crippen molar-refractivity contribution in [2.24, 2.45) is 0 Å². The maximum absolute atomic E-state index is 6.08. The van der Waals surface area contributed by atoms with E-state index >= 15 is 0 Å². The minimum atomic E-state index is 0.624. The Morgan fingerprint density at radius 3 is 2.47 bits per heavy atom. The van der Waals surface area contributed by atoms with Gasteiger partial charge in [-0.2, -0.15) is 12.6 Å². The predicted octanol–water partition coefficient (Wildman–Crippen LogP) is 4.55. The van der Waals surface area contributed by atoms with Crippen molar-refractivity contribution in [3.8, 4) is 10.6 Å². The van der Waals surface area contributed by atoms with Crippen LogP contribution in [0.3, 0.4) is 0 Å². The van der Waals surface area contributed by atoms with Gasteiger partial charge in [-0.15, -0.1) is 11.3 Å². The molecule has 0 N–H and O–H groups in total. The Labute approximate surface area is 107 Å². The summed E-state index contributed by atoms with van der Waals surface area (Å²) in [6.45, 7) is 0. The summed E-state index contributed by atoms with van der Waals surface area (Å²) in [5.74, 6) is 0.624. The number of aromatic nitrogens is 1. The molecule has 0 radical (unpaired) electrons. The third kappa shape index (κ3) is 2.31. The van der Waals surface area contributed by atoms with Crippen molar-refractivity contribution in [3.05, 3.63) is 39.3 Å². The molecule has 0 atom stereocenters. The van der Waals surface area contributed by atoms with Crippen molar-refractivity contribution in [2.45, 2.75) is 5.75 Å². The normalized spacial score (nSPS) is 10.6. The maximum Gasteiger partial charge on any atom is 0.126 e. The van der Waals surface area contributed by atoms with Gasteiger partial charge in [-0.05, 0) is 12.1 Å². The summed E-state index contributed by atoms with van der Waals surface area (Å²) in [6.07, 6.45) is 0. The van der Waals surface area contributed by atoms with Crippen molar-refractivity contribution >= 4 is 47.2 Å². The number of thiazole rings is 1. The van der Waals surface area contributed by atoms with Crippen molar-refractivity contribution in [1.29, 1.82) is 0 Å². The highest BCUT2D eigenvalue weighted by atomic mass is 35.5. The van der Waals surface area contributed by atoms with E-state index in [0.717, 1.165) is 16.3 Å². The Morgan fingerprint density at radius 2 is 1.93 bits per heavy atom. The largest absolute Gasteiger partial charge is 0.240 e. The standard InChI is InChI=1S/C10H7Cl2NS2/c11-7-2-1-3-8(12)9(7)10-13-6(4-14)5-15-10/h1-3,5,14H,4H2. The molecule has 15 heavy (non-hydrogen) atoms. The van der Waals surface area contributed by atoms with Gasteiger partial charge in [-0.3, -0.25) is 0 Å². The van der Waals surface area contributed by atoms with Gasteiger partial charge in [0.15, 0.2) is 0 Å². The van der Waals surface area contributed by atoms with Gasteiger partial charge < -0.3 is 0 Å². The van der Waals surface area contributed by atoms with E-state index in [1.807, 2.05) is 23.6 Å². The SMILES string of the molecule is SCc1csc(-c2c(Cl)cccc2Cl)n1. The molecule has 0 spiro atoms. The first-order valence-electron chi connectivity index (χ1n) is 4.22. The molecular formula is C10H7Cl2NS2. The van der Waals surface area contributed by atoms with Crippen LogP contribution in [0.5, 0.6) is 0 Å². The van der Waals surface area contributed by atoms with Gasteiger partial charge in [0, 0.05) is 16.7 Å². The molecule has 2 aromatic rings. The quantitative estimate of drug-likeness (QED) is 0.794. The maximum atomic E-state index is 6.08. The highest BCUT2D eigenvalue weighted by molar-refractivity contribution is 7.79. The monoisotopic (exact) mass is 275 g/mol. The summed E-state index contributed by atoms with van der Waals surface area (Å²) in [5.41, 5.74) is 1.74. The Morgan fingerprint density at radius 1 is 1.27 bits per heavy atom. The van der Waals surface area contributed by atoms with Crippen molar-refractivity contribution < 1.29 is 0 Å². The molecule has 0 aliphatic carbocycles. The van der Waals surface area contributed by atoms with E-state index in [2.05, 4.69) is 17.6 Å². The van der Waals surface area contributed by atoms with Crippen LogP contribution in [0.15, 0.2) is 23.6 Å². The minimum absolute atomic E-state index is 0.624. The van der Waals surface area contributed by atoms with Gasteiger partial charge >= 0.3 is 0 Å². The van der Waals surface area contributed by atoms with Gasteiger partial charge in [-0.1, -0.05) is 29.3 Å². The van der Waals surface area contributed by atoms with Crippen molar-refractivity contribution in [3.63, 3.8) is 0 Å². The molecule has 0 unspecified atom stereocenters. The Bertz CT molecular complexity index is 462. The average molecular weight is 276 g/mol. The number of benzene rings is 1. The molecule has 0 saturated heterocycles. The van der Waals surface area contributed by atoms with Gasteiger partial charge in [-0.25, -0.2) is 4.98 Å². The van der Waals surface area contributed by atoms with Crippen LogP contribution in [0.4, 0.5) is 0 Å². The lowest BCUT2D eigenvalue weighted by molar-refractivity contribution is 1.24. The van der Waals surface area contributed by atoms with Gasteiger partial charge in [0.1, 0.15) is 5.01 Å². The first-order valence-corrected chi connectivity index (χ1v) is 6.49. The van der Waals surface area contributed by atoms with Crippen LogP contribution in [0, 0.1) is 0 Å². The summed E-state index contributed by atoms with van der Waals surface area (Å²) in [6, 6.07) is 5.44. The van der Waals surface area contributed by atoms with Crippen LogP contribution >= 0.6 is 47.2 Å². The molecule has 0 aliphatic rings. The zero-order valence-electron chi connectivity index (χ0n) is 7.58. The Kier molecular flexibility index (Phi) is 3.57. The second-order valence-corrected chi connectivity index (χ2v) is 4.89. The molecule has 1 aromatic heterocycles. The fourth-order valence-corrected chi connectivity index (χ4v) is 3.06. The number of hydrogen-bond acceptors (Lipinski definition) is 3. The van der Waals surface area contributed by atoms with E-state index in [0.29, 0.717) is 15.8 Å². The molecule has 0 saturated carbocycles. The van der Waals surface area contributed by atoms with Crippen LogP contribution < -0.4 is 0 Å². The number of rotatable bonds is 2. The molecule has 2 rings (SSSR count). The third-order valence-electron chi connectivity index (χ3n) is 1.89. The smallest absolute Gasteiger partial charge is 0.126 e. The lowest BCUT2D eigenvalue weighted by Crippen LogP contribution is -1.82. The Balaban J connectivity index is 2.53. The van der Waals surface area contributed by atoms with E-state index in [1.165, 1.54) is 11.3 Å². The molecule has 1 aromatic carbocycles. The van der Waals surface area contributed by atoms with E-state index < -0.39 is 0 Å². The highest BCUT2D eigenvalue weighted by Gasteiger charge is 2.11. The first kappa shape index (κ1) is 11.3. The number of hydrogen-bond donors (Lipinski definition) is 1. The third-order valence-corrected chi connectivity index (χ3v) is 3.75. The second kappa shape index (κ2) is 4.74. The molecule has 0 aliphatic heterocycles. The molecule has 0 fully saturated rings. The van der Waals surface area contributed by atoms with Crippen molar-refractivity contribution in [2.75, 3.05) is 0 Å². The summed E-state index contributed by atoms with van der Waals surface area (Å²) in [7, 11) is 0. The number of thiol groups is 1. The molecule has 1 nitrogen and oxygen atoms in total. The van der Waals surface area contributed by atoms with Gasteiger partial charge in [0.05, 0.1) is 15.7 Å². The van der Waals surface area contributed by atoms with Crippen LogP contribution in [-0.2, 0) is 5.75 Å². The average Bonchev–Trinajstić information content (AvgIpc) is 2.66. The summed E-state index contributed by atoms with van der Waals surface area (Å²) >= 11 is 17.9. The van der Waals surface area contributed by atoms with Crippen LogP contribution in [0.1, 0.15) is 5.69 Å². The molecule has 0 amide bonds. The minimum Gasteiger partial charge on any atom is -0.240 e. The molecular weight excluding hydrogens is 269 g/mol. The van der Waals surface area contributed by atoms with E-state index in [4.69, 9.17) is 23.2 Å². The summed E-state index contributed by atoms with van der Waals surface area (Å²) in [5, 5.41) is 4.06. The van der Waals surface area contributed by atoms with Crippen LogP contribution in [-0.4, -0.2) is 4.98 Å². The number of nitrogens with zero attached hydrogens (tertiary/aromatic N) is 1. The lowest BCUT2D eigenvalue weighted by Gasteiger charge is -2.02. The van der Waals surface area contributed by atoms with Crippen LogP contribution in [0.25, 0.3) is 10.6 Å². The summed E-state index contributed by atoms with van der Waals surface area (Å²) < 4.78 is 0. The van der Waals surface area contributed by atoms with Gasteiger partial charge in [0.2, 0.25) is 0 Å². The lowest BCUT2D eigenvalue weighted by atomic mass is 10.2. The highest BCUT2D eigenvalue weighted by Crippen LogP contribution is 2.36. The Hall–Kier alpha value is -0.220. The van der Waals surface area contributed by atoms with E-state index in [-0.39, 0.29) is 0 Å². The summed E-state index contributed by atoms with van der Waals surface area (Å²) in [4.78, 5) is 4.39. The molecule has 1 heterocycles.